The van der Waals surface area contributed by atoms with Crippen molar-refractivity contribution in [3.63, 3.8) is 0 Å². The van der Waals surface area contributed by atoms with E-state index in [0.29, 0.717) is 0 Å². The van der Waals surface area contributed by atoms with E-state index in [9.17, 15) is 0 Å². The highest BCUT2D eigenvalue weighted by Crippen LogP contribution is 2.24. The van der Waals surface area contributed by atoms with Crippen LogP contribution in [0.5, 0.6) is 0 Å². The Bertz CT molecular complexity index is 317. The molecule has 2 N–H and O–H groups in total. The Kier molecular flexibility index (Phi) is 4.87. The Morgan fingerprint density at radius 2 is 2.19 bits per heavy atom. The zero-order valence-electron chi connectivity index (χ0n) is 10.6. The first-order valence-corrected chi connectivity index (χ1v) is 6.87. The van der Waals surface area contributed by atoms with Crippen molar-refractivity contribution in [3.05, 3.63) is 17.8 Å². The van der Waals surface area contributed by atoms with Crippen molar-refractivity contribution in [1.82, 2.24) is 4.98 Å². The molecule has 0 aliphatic rings. The maximum Gasteiger partial charge on any atom is 0.204 e. The van der Waals surface area contributed by atoms with Crippen LogP contribution in [0.25, 0.3) is 0 Å². The zero-order valence-corrected chi connectivity index (χ0v) is 11.4. The first-order chi connectivity index (χ1) is 7.43. The molecule has 0 spiro atoms. The highest BCUT2D eigenvalue weighted by Gasteiger charge is 2.19. The van der Waals surface area contributed by atoms with Crippen LogP contribution in [0.2, 0.25) is 0 Å². The second kappa shape index (κ2) is 5.73. The van der Waals surface area contributed by atoms with Gasteiger partial charge in [-0.1, -0.05) is 27.7 Å². The quantitative estimate of drug-likeness (QED) is 0.862. The third-order valence-corrected chi connectivity index (χ3v) is 3.49. The van der Waals surface area contributed by atoms with Crippen molar-refractivity contribution >= 4 is 11.8 Å². The Hall–Kier alpha value is -0.480. The molecule has 92 valence electrons. The van der Waals surface area contributed by atoms with E-state index in [2.05, 4.69) is 32.7 Å². The van der Waals surface area contributed by atoms with Gasteiger partial charge in [0.25, 0.3) is 0 Å². The molecule has 0 saturated carbocycles. The van der Waals surface area contributed by atoms with Crippen molar-refractivity contribution in [2.45, 2.75) is 51.3 Å². The van der Waals surface area contributed by atoms with Crippen molar-refractivity contribution in [3.8, 4) is 0 Å². The van der Waals surface area contributed by atoms with Gasteiger partial charge in [0.05, 0.1) is 11.9 Å². The molecule has 0 bridgehead atoms. The molecule has 1 rings (SSSR count). The van der Waals surface area contributed by atoms with Crippen LogP contribution in [0.15, 0.2) is 10.6 Å². The topological polar surface area (TPSA) is 52.0 Å². The minimum Gasteiger partial charge on any atom is -0.444 e. The van der Waals surface area contributed by atoms with Crippen LogP contribution >= 0.6 is 11.8 Å². The summed E-state index contributed by atoms with van der Waals surface area (Å²) in [6.07, 6.45) is 2.85. The third kappa shape index (κ3) is 4.18. The molecule has 0 amide bonds. The summed E-state index contributed by atoms with van der Waals surface area (Å²) in [5, 5.41) is 0. The fraction of sp³-hybridized carbons (Fsp3) is 0.750. The number of aromatic nitrogens is 1. The van der Waals surface area contributed by atoms with Crippen molar-refractivity contribution in [1.29, 1.82) is 0 Å². The molecule has 0 fully saturated rings. The number of rotatable bonds is 5. The molecule has 0 aliphatic heterocycles. The minimum atomic E-state index is 0.0374. The van der Waals surface area contributed by atoms with E-state index in [1.807, 2.05) is 6.20 Å². The lowest BCUT2D eigenvalue weighted by Crippen LogP contribution is -2.21. The van der Waals surface area contributed by atoms with Gasteiger partial charge in [0.2, 0.25) is 5.89 Å². The van der Waals surface area contributed by atoms with Gasteiger partial charge < -0.3 is 10.2 Å². The van der Waals surface area contributed by atoms with Gasteiger partial charge in [-0.3, -0.25) is 0 Å². The fourth-order valence-corrected chi connectivity index (χ4v) is 2.10. The van der Waals surface area contributed by atoms with Crippen LogP contribution in [-0.4, -0.2) is 16.8 Å². The molecule has 1 heterocycles. The summed E-state index contributed by atoms with van der Waals surface area (Å²) in [6, 6.07) is 0.280. The van der Waals surface area contributed by atoms with Crippen LogP contribution in [0.3, 0.4) is 0 Å². The Morgan fingerprint density at radius 1 is 1.50 bits per heavy atom. The molecule has 0 aliphatic carbocycles. The van der Waals surface area contributed by atoms with E-state index < -0.39 is 0 Å². The average Bonchev–Trinajstić information content (AvgIpc) is 2.65. The van der Waals surface area contributed by atoms with Crippen molar-refractivity contribution < 1.29 is 4.42 Å². The maximum absolute atomic E-state index is 5.84. The molecule has 1 aromatic rings. The van der Waals surface area contributed by atoms with E-state index in [-0.39, 0.29) is 11.5 Å². The molecule has 1 atom stereocenters. The lowest BCUT2D eigenvalue weighted by Gasteiger charge is -2.13. The van der Waals surface area contributed by atoms with E-state index in [1.165, 1.54) is 0 Å². The van der Waals surface area contributed by atoms with E-state index in [4.69, 9.17) is 10.2 Å². The molecule has 1 unspecified atom stereocenters. The molecule has 0 aromatic carbocycles. The number of hydrogen-bond donors (Lipinski definition) is 1. The van der Waals surface area contributed by atoms with Crippen molar-refractivity contribution in [2.75, 3.05) is 5.75 Å². The van der Waals surface area contributed by atoms with Gasteiger partial charge in [0, 0.05) is 17.2 Å². The van der Waals surface area contributed by atoms with Gasteiger partial charge in [-0.05, 0) is 6.42 Å². The minimum absolute atomic E-state index is 0.0374. The van der Waals surface area contributed by atoms with Gasteiger partial charge in [0.15, 0.2) is 0 Å². The van der Waals surface area contributed by atoms with Gasteiger partial charge in [-0.15, -0.1) is 0 Å². The monoisotopic (exact) mass is 242 g/mol. The normalized spacial score (nSPS) is 14.1. The number of nitrogens with zero attached hydrogens (tertiary/aromatic N) is 1. The summed E-state index contributed by atoms with van der Waals surface area (Å²) in [4.78, 5) is 4.28. The molecular weight excluding hydrogens is 220 g/mol. The van der Waals surface area contributed by atoms with Crippen LogP contribution < -0.4 is 5.73 Å². The van der Waals surface area contributed by atoms with Gasteiger partial charge in [0.1, 0.15) is 5.76 Å². The summed E-state index contributed by atoms with van der Waals surface area (Å²) in [5.74, 6) is 3.52. The molecule has 16 heavy (non-hydrogen) atoms. The van der Waals surface area contributed by atoms with Crippen LogP contribution in [-0.2, 0) is 11.2 Å². The van der Waals surface area contributed by atoms with Crippen LogP contribution in [0, 0.1) is 0 Å². The van der Waals surface area contributed by atoms with Crippen LogP contribution in [0.1, 0.15) is 45.8 Å². The van der Waals surface area contributed by atoms with Crippen molar-refractivity contribution in [2.24, 2.45) is 5.73 Å². The van der Waals surface area contributed by atoms with Crippen LogP contribution in [0.4, 0.5) is 0 Å². The lowest BCUT2D eigenvalue weighted by molar-refractivity contribution is 0.391. The largest absolute Gasteiger partial charge is 0.444 e. The summed E-state index contributed by atoms with van der Waals surface area (Å²) in [7, 11) is 0. The summed E-state index contributed by atoms with van der Waals surface area (Å²) in [5.41, 5.74) is 5.88. The second-order valence-corrected chi connectivity index (χ2v) is 6.08. The summed E-state index contributed by atoms with van der Waals surface area (Å²) >= 11 is 1.78. The molecule has 1 aromatic heterocycles. The standard InChI is InChI=1S/C12H22N2OS/c1-5-9(13)7-16-8-11-14-6-10(15-11)12(2,3)4/h6,9H,5,7-8,13H2,1-4H3. The predicted molar refractivity (Wildman–Crippen MR) is 69.6 cm³/mol. The van der Waals surface area contributed by atoms with Gasteiger partial charge in [-0.25, -0.2) is 4.98 Å². The number of nitrogens with two attached hydrogens (primary N) is 1. The third-order valence-electron chi connectivity index (χ3n) is 2.37. The smallest absolute Gasteiger partial charge is 0.204 e. The first kappa shape index (κ1) is 13.6. The Balaban J connectivity index is 2.41. The molecular formula is C12H22N2OS. The zero-order chi connectivity index (χ0) is 12.2. The molecule has 0 saturated heterocycles. The van der Waals surface area contributed by atoms with E-state index in [0.717, 1.165) is 29.6 Å². The average molecular weight is 242 g/mol. The highest BCUT2D eigenvalue weighted by atomic mass is 32.2. The second-order valence-electron chi connectivity index (χ2n) is 5.05. The summed E-state index contributed by atoms with van der Waals surface area (Å²) < 4.78 is 5.69. The fourth-order valence-electron chi connectivity index (χ4n) is 1.14. The number of thioether (sulfide) groups is 1. The number of oxazole rings is 1. The Labute approximate surface area is 102 Å². The summed E-state index contributed by atoms with van der Waals surface area (Å²) in [6.45, 7) is 8.47. The predicted octanol–water partition coefficient (Wildman–Crippen LogP) is 2.94. The first-order valence-electron chi connectivity index (χ1n) is 5.72. The van der Waals surface area contributed by atoms with Gasteiger partial charge >= 0.3 is 0 Å². The Morgan fingerprint density at radius 3 is 2.69 bits per heavy atom. The molecule has 3 nitrogen and oxygen atoms in total. The van der Waals surface area contributed by atoms with Gasteiger partial charge in [-0.2, -0.15) is 11.8 Å². The molecule has 4 heteroatoms. The van der Waals surface area contributed by atoms with E-state index in [1.54, 1.807) is 11.8 Å². The maximum atomic E-state index is 5.84. The molecule has 0 radical (unpaired) electrons. The lowest BCUT2D eigenvalue weighted by atomic mass is 9.94. The SMILES string of the molecule is CCC(N)CSCc1ncc(C(C)(C)C)o1. The number of hydrogen-bond acceptors (Lipinski definition) is 4. The highest BCUT2D eigenvalue weighted by molar-refractivity contribution is 7.98. The van der Waals surface area contributed by atoms with E-state index >= 15 is 0 Å².